The highest BCUT2D eigenvalue weighted by molar-refractivity contribution is 5.89. The number of carbonyl (C=O) groups is 2. The minimum absolute atomic E-state index is 0.0559. The van der Waals surface area contributed by atoms with E-state index in [1.165, 1.54) is 19.3 Å². The molecule has 1 aliphatic heterocycles. The zero-order valence-electron chi connectivity index (χ0n) is 12.4. The number of rotatable bonds is 5. The van der Waals surface area contributed by atoms with Crippen molar-refractivity contribution in [3.63, 3.8) is 0 Å². The van der Waals surface area contributed by atoms with E-state index in [2.05, 4.69) is 5.32 Å². The summed E-state index contributed by atoms with van der Waals surface area (Å²) in [6, 6.07) is 8.44. The van der Waals surface area contributed by atoms with Gasteiger partial charge in [0.25, 0.3) is 5.91 Å². The van der Waals surface area contributed by atoms with Crippen LogP contribution in [0.25, 0.3) is 0 Å². The van der Waals surface area contributed by atoms with Crippen molar-refractivity contribution < 1.29 is 28.2 Å². The lowest BCUT2D eigenvalue weighted by Crippen LogP contribution is -2.35. The molecule has 120 valence electrons. The third-order valence-corrected chi connectivity index (χ3v) is 3.28. The lowest BCUT2D eigenvalue weighted by molar-refractivity contribution is -0.129. The zero-order chi connectivity index (χ0) is 16.2. The quantitative estimate of drug-likeness (QED) is 0.847. The molecule has 1 atom stereocenters. The largest absolute Gasteiger partial charge is 0.457 e. The van der Waals surface area contributed by atoms with Gasteiger partial charge in [-0.1, -0.05) is 6.07 Å². The molecule has 0 saturated heterocycles. The van der Waals surface area contributed by atoms with Crippen molar-refractivity contribution in [2.24, 2.45) is 0 Å². The Hall–Kier alpha value is -2.96. The van der Waals surface area contributed by atoms with Crippen LogP contribution in [-0.2, 0) is 16.1 Å². The van der Waals surface area contributed by atoms with Gasteiger partial charge in [-0.05, 0) is 36.8 Å². The molecule has 1 aromatic heterocycles. The normalized spacial score (nSPS) is 13.4. The summed E-state index contributed by atoms with van der Waals surface area (Å²) >= 11 is 0. The number of ether oxygens (including phenoxy) is 3. The molecular weight excluding hydrogens is 302 g/mol. The minimum atomic E-state index is -0.929. The van der Waals surface area contributed by atoms with E-state index in [0.717, 1.165) is 5.56 Å². The van der Waals surface area contributed by atoms with E-state index in [-0.39, 0.29) is 19.1 Å². The lowest BCUT2D eigenvalue weighted by Gasteiger charge is -2.12. The average Bonchev–Trinajstić information content (AvgIpc) is 3.22. The predicted molar refractivity (Wildman–Crippen MR) is 78.0 cm³/mol. The van der Waals surface area contributed by atoms with Crippen LogP contribution in [0.2, 0.25) is 0 Å². The molecule has 0 radical (unpaired) electrons. The number of carbonyl (C=O) groups excluding carboxylic acids is 2. The fraction of sp³-hybridized carbons (Fsp3) is 0.250. The standard InChI is InChI=1S/C16H15NO6/c1-10(23-16(19)13-3-2-6-20-13)15(18)17-8-11-4-5-12-14(7-11)22-9-21-12/h2-7,10H,8-9H2,1H3,(H,17,18)/t10-/m1/s1. The molecule has 2 aromatic rings. The summed E-state index contributed by atoms with van der Waals surface area (Å²) in [6.45, 7) is 1.98. The number of hydrogen-bond acceptors (Lipinski definition) is 6. The highest BCUT2D eigenvalue weighted by Crippen LogP contribution is 2.32. The SMILES string of the molecule is C[C@@H](OC(=O)c1ccco1)C(=O)NCc1ccc2c(c1)OCO2. The third kappa shape index (κ3) is 3.45. The third-order valence-electron chi connectivity index (χ3n) is 3.28. The van der Waals surface area contributed by atoms with E-state index < -0.39 is 18.0 Å². The summed E-state index contributed by atoms with van der Waals surface area (Å²) < 4.78 is 20.4. The molecule has 3 rings (SSSR count). The molecule has 23 heavy (non-hydrogen) atoms. The van der Waals surface area contributed by atoms with Crippen LogP contribution in [0.4, 0.5) is 0 Å². The van der Waals surface area contributed by atoms with E-state index in [9.17, 15) is 9.59 Å². The molecule has 1 amide bonds. The van der Waals surface area contributed by atoms with Crippen LogP contribution in [0.3, 0.4) is 0 Å². The summed E-state index contributed by atoms with van der Waals surface area (Å²) in [7, 11) is 0. The van der Waals surface area contributed by atoms with Crippen molar-refractivity contribution in [3.8, 4) is 11.5 Å². The lowest BCUT2D eigenvalue weighted by atomic mass is 10.2. The van der Waals surface area contributed by atoms with Gasteiger partial charge in [0.1, 0.15) is 0 Å². The van der Waals surface area contributed by atoms with Crippen LogP contribution >= 0.6 is 0 Å². The van der Waals surface area contributed by atoms with Gasteiger partial charge in [-0.2, -0.15) is 0 Å². The molecule has 0 fully saturated rings. The number of benzene rings is 1. The van der Waals surface area contributed by atoms with Crippen molar-refractivity contribution in [1.82, 2.24) is 5.32 Å². The molecule has 1 aliphatic rings. The van der Waals surface area contributed by atoms with Crippen LogP contribution in [0, 0.1) is 0 Å². The van der Waals surface area contributed by atoms with Gasteiger partial charge in [0.05, 0.1) is 6.26 Å². The Bertz CT molecular complexity index is 709. The van der Waals surface area contributed by atoms with Gasteiger partial charge in [-0.3, -0.25) is 4.79 Å². The number of esters is 1. The van der Waals surface area contributed by atoms with Crippen molar-refractivity contribution in [1.29, 1.82) is 0 Å². The second kappa shape index (κ2) is 6.43. The molecule has 1 N–H and O–H groups in total. The first-order valence-electron chi connectivity index (χ1n) is 7.04. The van der Waals surface area contributed by atoms with E-state index in [1.807, 2.05) is 6.07 Å². The minimum Gasteiger partial charge on any atom is -0.457 e. The summed E-state index contributed by atoms with van der Waals surface area (Å²) in [6.07, 6.45) is 0.433. The topological polar surface area (TPSA) is 87.0 Å². The van der Waals surface area contributed by atoms with Crippen molar-refractivity contribution in [3.05, 3.63) is 47.9 Å². The van der Waals surface area contributed by atoms with Gasteiger partial charge in [-0.25, -0.2) is 4.79 Å². The van der Waals surface area contributed by atoms with Crippen LogP contribution in [-0.4, -0.2) is 24.8 Å². The summed E-state index contributed by atoms with van der Waals surface area (Å²) in [5.41, 5.74) is 0.854. The Kier molecular flexibility index (Phi) is 4.18. The Morgan fingerprint density at radius 3 is 2.87 bits per heavy atom. The summed E-state index contributed by atoms with van der Waals surface area (Å²) in [5, 5.41) is 2.70. The molecule has 7 nitrogen and oxygen atoms in total. The Labute approximate surface area is 132 Å². The number of hydrogen-bond donors (Lipinski definition) is 1. The van der Waals surface area contributed by atoms with Gasteiger partial charge in [0, 0.05) is 6.54 Å². The predicted octanol–water partition coefficient (Wildman–Crippen LogP) is 1.87. The maximum absolute atomic E-state index is 12.0. The van der Waals surface area contributed by atoms with Crippen molar-refractivity contribution >= 4 is 11.9 Å². The van der Waals surface area contributed by atoms with E-state index in [1.54, 1.807) is 18.2 Å². The molecule has 0 bridgehead atoms. The number of furan rings is 1. The summed E-state index contributed by atoms with van der Waals surface area (Å²) in [5.74, 6) is 0.304. The van der Waals surface area contributed by atoms with Gasteiger partial charge in [-0.15, -0.1) is 0 Å². The van der Waals surface area contributed by atoms with Crippen LogP contribution in [0.1, 0.15) is 23.0 Å². The summed E-state index contributed by atoms with van der Waals surface area (Å²) in [4.78, 5) is 23.7. The molecule has 0 aliphatic carbocycles. The first-order chi connectivity index (χ1) is 11.1. The molecule has 0 spiro atoms. The molecular formula is C16H15NO6. The molecule has 0 unspecified atom stereocenters. The zero-order valence-corrected chi connectivity index (χ0v) is 12.4. The fourth-order valence-electron chi connectivity index (χ4n) is 2.05. The Balaban J connectivity index is 1.51. The van der Waals surface area contributed by atoms with Gasteiger partial charge in [0.15, 0.2) is 17.6 Å². The number of nitrogens with one attached hydrogen (secondary N) is 1. The van der Waals surface area contributed by atoms with E-state index in [4.69, 9.17) is 18.6 Å². The molecule has 2 heterocycles. The first-order valence-corrected chi connectivity index (χ1v) is 7.04. The van der Waals surface area contributed by atoms with Crippen molar-refractivity contribution in [2.45, 2.75) is 19.6 Å². The van der Waals surface area contributed by atoms with Gasteiger partial charge < -0.3 is 23.9 Å². The van der Waals surface area contributed by atoms with Crippen molar-refractivity contribution in [2.75, 3.05) is 6.79 Å². The van der Waals surface area contributed by atoms with Crippen LogP contribution in [0.15, 0.2) is 41.0 Å². The highest BCUT2D eigenvalue weighted by atomic mass is 16.7. The highest BCUT2D eigenvalue weighted by Gasteiger charge is 2.20. The Morgan fingerprint density at radius 1 is 1.26 bits per heavy atom. The first kappa shape index (κ1) is 15.0. The fourth-order valence-corrected chi connectivity index (χ4v) is 2.05. The average molecular weight is 317 g/mol. The van der Waals surface area contributed by atoms with Gasteiger partial charge in [0.2, 0.25) is 12.6 Å². The second-order valence-corrected chi connectivity index (χ2v) is 4.93. The number of fused-ring (bicyclic) bond motifs is 1. The maximum Gasteiger partial charge on any atom is 0.374 e. The molecule has 1 aromatic carbocycles. The Morgan fingerprint density at radius 2 is 2.09 bits per heavy atom. The van der Waals surface area contributed by atoms with Crippen LogP contribution in [0.5, 0.6) is 11.5 Å². The molecule has 7 heteroatoms. The maximum atomic E-state index is 12.0. The van der Waals surface area contributed by atoms with E-state index >= 15 is 0 Å². The smallest absolute Gasteiger partial charge is 0.374 e. The van der Waals surface area contributed by atoms with Crippen LogP contribution < -0.4 is 14.8 Å². The second-order valence-electron chi connectivity index (χ2n) is 4.93. The monoisotopic (exact) mass is 317 g/mol. The van der Waals surface area contributed by atoms with Gasteiger partial charge >= 0.3 is 5.97 Å². The molecule has 0 saturated carbocycles. The number of amides is 1. The van der Waals surface area contributed by atoms with E-state index in [0.29, 0.717) is 11.5 Å².